The molecule has 0 unspecified atom stereocenters. The van der Waals surface area contributed by atoms with Crippen molar-refractivity contribution in [2.24, 2.45) is 0 Å². The van der Waals surface area contributed by atoms with Crippen LogP contribution in [0.1, 0.15) is 0 Å². The summed E-state index contributed by atoms with van der Waals surface area (Å²) in [6, 6.07) is 17.4. The van der Waals surface area contributed by atoms with Gasteiger partial charge in [0.1, 0.15) is 23.9 Å². The molecular weight excluding hydrogens is 349 g/mol. The second-order valence-corrected chi connectivity index (χ2v) is 5.83. The maximum Gasteiger partial charge on any atom is 0.262 e. The molecule has 0 radical (unpaired) electrons. The fourth-order valence-electron chi connectivity index (χ4n) is 2.55. The van der Waals surface area contributed by atoms with Crippen LogP contribution in [0.3, 0.4) is 0 Å². The van der Waals surface area contributed by atoms with Gasteiger partial charge in [0.25, 0.3) is 5.91 Å². The summed E-state index contributed by atoms with van der Waals surface area (Å²) in [7, 11) is 1.56. The lowest BCUT2D eigenvalue weighted by atomic mass is 10.1. The number of methoxy groups -OCH3 is 1. The molecule has 0 saturated heterocycles. The minimum atomic E-state index is -0.472. The van der Waals surface area contributed by atoms with Gasteiger partial charge < -0.3 is 19.5 Å². The molecule has 3 aromatic rings. The first-order valence-electron chi connectivity index (χ1n) is 8.48. The Hall–Kier alpha value is -3.12. The number of benzene rings is 3. The molecule has 3 aromatic carbocycles. The van der Waals surface area contributed by atoms with E-state index in [-0.39, 0.29) is 12.3 Å². The van der Waals surface area contributed by atoms with Gasteiger partial charge in [-0.25, -0.2) is 4.39 Å². The average Bonchev–Trinajstić information content (AvgIpc) is 2.68. The van der Waals surface area contributed by atoms with Crippen LogP contribution in [-0.4, -0.2) is 32.8 Å². The van der Waals surface area contributed by atoms with Crippen LogP contribution in [0, 0.1) is 5.82 Å². The first-order valence-corrected chi connectivity index (χ1v) is 8.48. The van der Waals surface area contributed by atoms with Crippen LogP contribution in [0.2, 0.25) is 0 Å². The van der Waals surface area contributed by atoms with E-state index in [9.17, 15) is 9.18 Å². The Balaban J connectivity index is 1.62. The van der Waals surface area contributed by atoms with E-state index < -0.39 is 11.7 Å². The highest BCUT2D eigenvalue weighted by Gasteiger charge is 2.10. The summed E-state index contributed by atoms with van der Waals surface area (Å²) in [6.45, 7) is 0.473. The summed E-state index contributed by atoms with van der Waals surface area (Å²) >= 11 is 0. The van der Waals surface area contributed by atoms with Gasteiger partial charge in [0.2, 0.25) is 0 Å². The molecule has 0 saturated carbocycles. The van der Waals surface area contributed by atoms with Crippen LogP contribution in [0.4, 0.5) is 10.1 Å². The Labute approximate surface area is 156 Å². The highest BCUT2D eigenvalue weighted by atomic mass is 19.1. The van der Waals surface area contributed by atoms with Crippen molar-refractivity contribution in [3.63, 3.8) is 0 Å². The topological polar surface area (TPSA) is 56.8 Å². The molecular formula is C21H20FNO4. The second-order valence-electron chi connectivity index (χ2n) is 5.83. The van der Waals surface area contributed by atoms with Gasteiger partial charge in [-0.05, 0) is 35.0 Å². The Morgan fingerprint density at radius 1 is 0.963 bits per heavy atom. The molecule has 0 bridgehead atoms. The molecule has 0 aliphatic heterocycles. The normalized spacial score (nSPS) is 10.6. The van der Waals surface area contributed by atoms with Crippen LogP contribution < -0.4 is 14.8 Å². The molecule has 0 aliphatic rings. The van der Waals surface area contributed by atoms with Crippen LogP contribution in [0.15, 0.2) is 60.7 Å². The number of amides is 1. The zero-order valence-electron chi connectivity index (χ0n) is 14.9. The van der Waals surface area contributed by atoms with Crippen molar-refractivity contribution < 1.29 is 23.4 Å². The van der Waals surface area contributed by atoms with Gasteiger partial charge in [-0.2, -0.15) is 0 Å². The van der Waals surface area contributed by atoms with Crippen molar-refractivity contribution in [2.75, 3.05) is 32.2 Å². The molecule has 0 aromatic heterocycles. The van der Waals surface area contributed by atoms with Crippen molar-refractivity contribution in [2.45, 2.75) is 0 Å². The zero-order valence-corrected chi connectivity index (χ0v) is 14.9. The third-order valence-electron chi connectivity index (χ3n) is 3.85. The van der Waals surface area contributed by atoms with Gasteiger partial charge in [-0.3, -0.25) is 4.79 Å². The lowest BCUT2D eigenvalue weighted by molar-refractivity contribution is -0.118. The smallest absolute Gasteiger partial charge is 0.262 e. The predicted molar refractivity (Wildman–Crippen MR) is 102 cm³/mol. The quantitative estimate of drug-likeness (QED) is 0.609. The van der Waals surface area contributed by atoms with Gasteiger partial charge in [0, 0.05) is 13.2 Å². The number of rotatable bonds is 8. The number of anilines is 1. The number of hydrogen-bond acceptors (Lipinski definition) is 4. The van der Waals surface area contributed by atoms with Crippen LogP contribution >= 0.6 is 0 Å². The molecule has 27 heavy (non-hydrogen) atoms. The minimum Gasteiger partial charge on any atom is -0.489 e. The maximum atomic E-state index is 13.5. The summed E-state index contributed by atoms with van der Waals surface area (Å²) in [5, 5.41) is 4.73. The first-order chi connectivity index (χ1) is 13.2. The monoisotopic (exact) mass is 369 g/mol. The second kappa shape index (κ2) is 9.00. The molecule has 0 fully saturated rings. The average molecular weight is 369 g/mol. The van der Waals surface area contributed by atoms with Crippen LogP contribution in [-0.2, 0) is 9.53 Å². The van der Waals surface area contributed by atoms with Gasteiger partial charge in [0.05, 0.1) is 12.3 Å². The molecule has 140 valence electrons. The van der Waals surface area contributed by atoms with Gasteiger partial charge in [-0.15, -0.1) is 0 Å². The molecule has 0 heterocycles. The van der Waals surface area contributed by atoms with Crippen molar-refractivity contribution in [1.82, 2.24) is 0 Å². The third kappa shape index (κ3) is 5.18. The number of ether oxygens (including phenoxy) is 3. The molecule has 0 atom stereocenters. The van der Waals surface area contributed by atoms with Crippen molar-refractivity contribution in [3.05, 3.63) is 66.5 Å². The Morgan fingerprint density at radius 2 is 1.78 bits per heavy atom. The van der Waals surface area contributed by atoms with Gasteiger partial charge in [0.15, 0.2) is 6.61 Å². The van der Waals surface area contributed by atoms with E-state index in [1.54, 1.807) is 13.2 Å². The standard InChI is InChI=1S/C21H20FNO4/c1-25-10-11-26-20-9-7-17(22)13-19(20)23-21(24)14-27-18-8-6-15-4-2-3-5-16(15)12-18/h2-9,12-13H,10-11,14H2,1H3,(H,23,24). The Bertz CT molecular complexity index is 929. The van der Waals surface area contributed by atoms with Gasteiger partial charge in [-0.1, -0.05) is 30.3 Å². The number of hydrogen-bond donors (Lipinski definition) is 1. The summed E-state index contributed by atoms with van der Waals surface area (Å²) in [5.41, 5.74) is 0.248. The summed E-state index contributed by atoms with van der Waals surface area (Å²) in [6.07, 6.45) is 0. The van der Waals surface area contributed by atoms with Crippen molar-refractivity contribution in [1.29, 1.82) is 0 Å². The maximum absolute atomic E-state index is 13.5. The SMILES string of the molecule is COCCOc1ccc(F)cc1NC(=O)COc1ccc2ccccc2c1. The lowest BCUT2D eigenvalue weighted by Gasteiger charge is -2.13. The van der Waals surface area contributed by atoms with Crippen molar-refractivity contribution >= 4 is 22.4 Å². The third-order valence-corrected chi connectivity index (χ3v) is 3.85. The molecule has 1 N–H and O–H groups in total. The zero-order chi connectivity index (χ0) is 19.1. The van der Waals surface area contributed by atoms with E-state index in [0.717, 1.165) is 10.8 Å². The van der Waals surface area contributed by atoms with Crippen LogP contribution in [0.5, 0.6) is 11.5 Å². The number of halogens is 1. The predicted octanol–water partition coefficient (Wildman–Crippen LogP) is 4.02. The highest BCUT2D eigenvalue weighted by Crippen LogP contribution is 2.25. The Morgan fingerprint density at radius 3 is 2.59 bits per heavy atom. The van der Waals surface area contributed by atoms with Crippen molar-refractivity contribution in [3.8, 4) is 11.5 Å². The first kappa shape index (κ1) is 18.7. The molecule has 5 nitrogen and oxygen atoms in total. The van der Waals surface area contributed by atoms with Crippen LogP contribution in [0.25, 0.3) is 10.8 Å². The van der Waals surface area contributed by atoms with E-state index >= 15 is 0 Å². The number of carbonyl (C=O) groups excluding carboxylic acids is 1. The summed E-state index contributed by atoms with van der Waals surface area (Å²) in [4.78, 5) is 12.2. The van der Waals surface area contributed by atoms with E-state index in [0.29, 0.717) is 24.7 Å². The number of nitrogens with one attached hydrogen (secondary N) is 1. The molecule has 1 amide bonds. The van der Waals surface area contributed by atoms with E-state index in [1.807, 2.05) is 36.4 Å². The molecule has 0 aliphatic carbocycles. The molecule has 6 heteroatoms. The Kier molecular flexibility index (Phi) is 6.22. The number of carbonyl (C=O) groups is 1. The van der Waals surface area contributed by atoms with Gasteiger partial charge >= 0.3 is 0 Å². The van der Waals surface area contributed by atoms with E-state index in [2.05, 4.69) is 5.32 Å². The fourth-order valence-corrected chi connectivity index (χ4v) is 2.55. The summed E-state index contributed by atoms with van der Waals surface area (Å²) in [5.74, 6) is 0.0670. The minimum absolute atomic E-state index is 0.202. The highest BCUT2D eigenvalue weighted by molar-refractivity contribution is 5.93. The molecule has 0 spiro atoms. The summed E-state index contributed by atoms with van der Waals surface area (Å²) < 4.78 is 29.5. The largest absolute Gasteiger partial charge is 0.489 e. The van der Waals surface area contributed by atoms with E-state index in [1.165, 1.54) is 18.2 Å². The lowest BCUT2D eigenvalue weighted by Crippen LogP contribution is -2.21. The molecule has 3 rings (SSSR count). The fraction of sp³-hybridized carbons (Fsp3) is 0.190. The van der Waals surface area contributed by atoms with E-state index in [4.69, 9.17) is 14.2 Å². The number of fused-ring (bicyclic) bond motifs is 1.